The highest BCUT2D eigenvalue weighted by atomic mass is 16.5. The number of nitrogens with zero attached hydrogens (tertiary/aromatic N) is 4. The van der Waals surface area contributed by atoms with Crippen molar-refractivity contribution in [3.63, 3.8) is 0 Å². The normalized spacial score (nSPS) is 20.3. The van der Waals surface area contributed by atoms with Crippen molar-refractivity contribution in [2.24, 2.45) is 11.8 Å². The number of methoxy groups -OCH3 is 2. The van der Waals surface area contributed by atoms with Crippen LogP contribution >= 0.6 is 0 Å². The average Bonchev–Trinajstić information content (AvgIpc) is 4.07. The Morgan fingerprint density at radius 2 is 1.80 bits per heavy atom. The monoisotopic (exact) mass is 808 g/mol. The number of rotatable bonds is 10. The van der Waals surface area contributed by atoms with Gasteiger partial charge < -0.3 is 39.3 Å². The summed E-state index contributed by atoms with van der Waals surface area (Å²) in [5.74, 6) is 2.36. The molecule has 3 amide bonds. The van der Waals surface area contributed by atoms with Crippen LogP contribution in [0.4, 0.5) is 4.79 Å². The van der Waals surface area contributed by atoms with Gasteiger partial charge >= 0.3 is 6.09 Å². The molecule has 5 heterocycles. The summed E-state index contributed by atoms with van der Waals surface area (Å²) in [4.78, 5) is 60.7. The fourth-order valence-electron chi connectivity index (χ4n) is 9.34. The Balaban J connectivity index is 0.983. The summed E-state index contributed by atoms with van der Waals surface area (Å²) in [5, 5.41) is 4.83. The molecule has 0 spiro atoms. The zero-order valence-electron chi connectivity index (χ0n) is 34.5. The summed E-state index contributed by atoms with van der Waals surface area (Å²) in [6.45, 7) is 7.51. The predicted molar refractivity (Wildman–Crippen MR) is 228 cm³/mol. The van der Waals surface area contributed by atoms with Crippen LogP contribution in [0.1, 0.15) is 80.9 Å². The maximum atomic E-state index is 14.3. The molecule has 2 unspecified atom stereocenters. The SMILES string of the molecule is COC[C@H]1CC(c2ncc(-c3ccc4c(c3)COc3cc5c(ccc6nc([C@@H]7CC[C@H](C)N7C(=O)[CH]C(C)C)[nH]c65)cc3-4)[nH]2)N(C(=O)C(NC(=O)OC)c2ccccc2)C1. The highest BCUT2D eigenvalue weighted by Crippen LogP contribution is 2.44. The van der Waals surface area contributed by atoms with Crippen LogP contribution in [-0.2, 0) is 25.7 Å². The van der Waals surface area contributed by atoms with Crippen LogP contribution in [0.2, 0.25) is 0 Å². The van der Waals surface area contributed by atoms with Crippen LogP contribution < -0.4 is 10.1 Å². The number of alkyl carbamates (subject to hydrolysis) is 1. The van der Waals surface area contributed by atoms with Gasteiger partial charge in [-0.2, -0.15) is 0 Å². The lowest BCUT2D eigenvalue weighted by atomic mass is 9.92. The summed E-state index contributed by atoms with van der Waals surface area (Å²) in [6, 6.07) is 22.7. The smallest absolute Gasteiger partial charge is 0.407 e. The van der Waals surface area contributed by atoms with Crippen LogP contribution in [0.25, 0.3) is 44.2 Å². The second-order valence-electron chi connectivity index (χ2n) is 16.6. The number of ether oxygens (including phenoxy) is 3. The van der Waals surface area contributed by atoms with E-state index in [0.29, 0.717) is 37.6 Å². The number of aromatic amines is 2. The van der Waals surface area contributed by atoms with Gasteiger partial charge in [0, 0.05) is 36.6 Å². The molecule has 0 aliphatic carbocycles. The van der Waals surface area contributed by atoms with Crippen molar-refractivity contribution in [1.29, 1.82) is 0 Å². The Labute approximate surface area is 348 Å². The molecule has 13 heteroatoms. The molecule has 60 heavy (non-hydrogen) atoms. The Hall–Kier alpha value is -6.21. The van der Waals surface area contributed by atoms with E-state index in [0.717, 1.165) is 74.2 Å². The Bertz CT molecular complexity index is 2580. The van der Waals surface area contributed by atoms with Crippen molar-refractivity contribution in [1.82, 2.24) is 35.1 Å². The molecular formula is C47H50N7O6. The average molecular weight is 809 g/mol. The minimum Gasteiger partial charge on any atom is -0.488 e. The van der Waals surface area contributed by atoms with E-state index in [1.165, 1.54) is 7.11 Å². The third-order valence-corrected chi connectivity index (χ3v) is 12.2. The lowest BCUT2D eigenvalue weighted by Crippen LogP contribution is -2.43. The number of amides is 3. The third kappa shape index (κ3) is 7.25. The van der Waals surface area contributed by atoms with E-state index in [4.69, 9.17) is 24.2 Å². The molecule has 4 aromatic carbocycles. The van der Waals surface area contributed by atoms with Crippen LogP contribution in [0.15, 0.2) is 79.0 Å². The molecule has 9 rings (SSSR count). The first kappa shape index (κ1) is 39.3. The summed E-state index contributed by atoms with van der Waals surface area (Å²) in [7, 11) is 2.94. The second-order valence-corrected chi connectivity index (χ2v) is 16.6. The molecule has 3 aliphatic rings. The molecule has 13 nitrogen and oxygen atoms in total. The van der Waals surface area contributed by atoms with Crippen molar-refractivity contribution < 1.29 is 28.6 Å². The van der Waals surface area contributed by atoms with Gasteiger partial charge in [-0.3, -0.25) is 9.59 Å². The van der Waals surface area contributed by atoms with Crippen LogP contribution in [-0.4, -0.2) is 81.1 Å². The molecule has 309 valence electrons. The van der Waals surface area contributed by atoms with Gasteiger partial charge in [-0.05, 0) is 84.0 Å². The minimum absolute atomic E-state index is 0.0645. The highest BCUT2D eigenvalue weighted by molar-refractivity contribution is 6.07. The zero-order chi connectivity index (χ0) is 41.7. The first-order valence-electron chi connectivity index (χ1n) is 20.7. The van der Waals surface area contributed by atoms with Gasteiger partial charge in [-0.15, -0.1) is 0 Å². The summed E-state index contributed by atoms with van der Waals surface area (Å²) < 4.78 is 16.8. The quantitative estimate of drug-likeness (QED) is 0.125. The maximum Gasteiger partial charge on any atom is 0.407 e. The maximum absolute atomic E-state index is 14.3. The van der Waals surface area contributed by atoms with Crippen molar-refractivity contribution in [2.75, 3.05) is 27.4 Å². The predicted octanol–water partition coefficient (Wildman–Crippen LogP) is 8.21. The lowest BCUT2D eigenvalue weighted by molar-refractivity contribution is -0.135. The van der Waals surface area contributed by atoms with Gasteiger partial charge in [-0.1, -0.05) is 62.4 Å². The van der Waals surface area contributed by atoms with E-state index >= 15 is 0 Å². The topological polar surface area (TPSA) is 155 Å². The van der Waals surface area contributed by atoms with E-state index in [2.05, 4.69) is 58.6 Å². The molecule has 2 saturated heterocycles. The van der Waals surface area contributed by atoms with Crippen LogP contribution in [0.5, 0.6) is 5.75 Å². The first-order valence-corrected chi connectivity index (χ1v) is 20.7. The molecule has 3 aliphatic heterocycles. The number of carbonyl (C=O) groups is 3. The van der Waals surface area contributed by atoms with Gasteiger partial charge in [0.2, 0.25) is 5.91 Å². The van der Waals surface area contributed by atoms with Gasteiger partial charge in [0.05, 0.1) is 55.1 Å². The van der Waals surface area contributed by atoms with Crippen molar-refractivity contribution in [3.05, 3.63) is 108 Å². The largest absolute Gasteiger partial charge is 0.488 e. The standard InChI is InChI=1S/C47H50N7O6/c1-26(2)17-41(55)54-27(3)11-16-38(54)45-49-36-15-13-30-20-35-33-14-12-31(19-32(33)25-60-40(35)21-34(30)43(36)51-45)37-22-48-44(50-37)39-18-28(24-58-4)23-53(39)46(56)42(52-47(57)59-5)29-9-7-6-8-10-29/h6-10,12-15,17,19-22,26-28,38-39,42H,11,16,18,23-25H2,1-5H3,(H,48,50)(H,49,51)(H,52,57)/t27-,28-,38-,39?,42?/m0/s1. The number of carbonyl (C=O) groups excluding carboxylic acids is 3. The number of likely N-dealkylation sites (tertiary alicyclic amines) is 2. The summed E-state index contributed by atoms with van der Waals surface area (Å²) in [5.41, 5.74) is 7.41. The number of nitrogens with one attached hydrogen (secondary N) is 3. The van der Waals surface area contributed by atoms with Crippen molar-refractivity contribution >= 4 is 39.7 Å². The molecule has 5 atom stereocenters. The first-order chi connectivity index (χ1) is 29.1. The fourth-order valence-corrected chi connectivity index (χ4v) is 9.34. The molecule has 0 saturated carbocycles. The molecule has 1 radical (unpaired) electrons. The van der Waals surface area contributed by atoms with Crippen LogP contribution in [0, 0.1) is 18.3 Å². The summed E-state index contributed by atoms with van der Waals surface area (Å²) >= 11 is 0. The Morgan fingerprint density at radius 1 is 0.967 bits per heavy atom. The lowest BCUT2D eigenvalue weighted by Gasteiger charge is -2.28. The number of fused-ring (bicyclic) bond motifs is 6. The highest BCUT2D eigenvalue weighted by Gasteiger charge is 2.41. The Morgan fingerprint density at radius 3 is 2.58 bits per heavy atom. The summed E-state index contributed by atoms with van der Waals surface area (Å²) in [6.07, 6.45) is 5.38. The van der Waals surface area contributed by atoms with E-state index in [1.807, 2.05) is 61.3 Å². The molecular weight excluding hydrogens is 759 g/mol. The Kier molecular flexibility index (Phi) is 10.5. The van der Waals surface area contributed by atoms with E-state index < -0.39 is 12.1 Å². The molecule has 6 aromatic rings. The number of hydrogen-bond acceptors (Lipinski definition) is 8. The number of aromatic nitrogens is 4. The number of H-pyrrole nitrogens is 2. The molecule has 0 bridgehead atoms. The van der Waals surface area contributed by atoms with Gasteiger partial charge in [0.1, 0.15) is 30.0 Å². The van der Waals surface area contributed by atoms with Gasteiger partial charge in [0.15, 0.2) is 0 Å². The molecule has 3 N–H and O–H groups in total. The number of hydrogen-bond donors (Lipinski definition) is 3. The second kappa shape index (κ2) is 16.1. The van der Waals surface area contributed by atoms with E-state index in [9.17, 15) is 14.4 Å². The van der Waals surface area contributed by atoms with Gasteiger partial charge in [-0.25, -0.2) is 14.8 Å². The number of benzene rings is 4. The minimum atomic E-state index is -0.933. The van der Waals surface area contributed by atoms with Gasteiger partial charge in [0.25, 0.3) is 5.91 Å². The van der Waals surface area contributed by atoms with Crippen molar-refractivity contribution in [2.45, 2.75) is 70.8 Å². The molecule has 2 fully saturated rings. The van der Waals surface area contributed by atoms with Crippen LogP contribution in [0.3, 0.4) is 0 Å². The van der Waals surface area contributed by atoms with Crippen molar-refractivity contribution in [3.8, 4) is 28.1 Å². The van der Waals surface area contributed by atoms with E-state index in [1.54, 1.807) is 18.4 Å². The van der Waals surface area contributed by atoms with E-state index in [-0.39, 0.29) is 41.8 Å². The fraction of sp³-hybridized carbons (Fsp3) is 0.362. The molecule has 2 aromatic heterocycles. The zero-order valence-corrected chi connectivity index (χ0v) is 34.5. The number of imidazole rings is 2. The third-order valence-electron chi connectivity index (χ3n) is 12.2.